The van der Waals surface area contributed by atoms with Gasteiger partial charge in [0.1, 0.15) is 5.82 Å². The van der Waals surface area contributed by atoms with Gasteiger partial charge in [0.05, 0.1) is 21.7 Å². The zero-order chi connectivity index (χ0) is 14.9. The van der Waals surface area contributed by atoms with E-state index in [2.05, 4.69) is 5.32 Å². The average molecular weight is 321 g/mol. The molecule has 0 saturated carbocycles. The van der Waals surface area contributed by atoms with Crippen LogP contribution in [0.1, 0.15) is 6.42 Å². The van der Waals surface area contributed by atoms with Gasteiger partial charge >= 0.3 is 12.0 Å². The van der Waals surface area contributed by atoms with Crippen LogP contribution in [-0.4, -0.2) is 35.1 Å². The van der Waals surface area contributed by atoms with E-state index in [0.29, 0.717) is 13.0 Å². The molecule has 2 N–H and O–H groups in total. The number of carboxylic acids is 1. The molecule has 1 fully saturated rings. The summed E-state index contributed by atoms with van der Waals surface area (Å²) in [5.41, 5.74) is -0.0943. The standard InChI is InChI=1S/C12H11Cl2FN2O3/c13-7-3-9(15)10(4-8(7)14)16-12(20)17-2-1-6(5-17)11(18)19/h3-4,6H,1-2,5H2,(H,16,20)(H,18,19). The van der Waals surface area contributed by atoms with E-state index in [1.807, 2.05) is 0 Å². The molecule has 108 valence electrons. The van der Waals surface area contributed by atoms with Gasteiger partial charge in [-0.1, -0.05) is 23.2 Å². The third-order valence-corrected chi connectivity index (χ3v) is 3.80. The molecule has 20 heavy (non-hydrogen) atoms. The molecule has 1 aliphatic rings. The summed E-state index contributed by atoms with van der Waals surface area (Å²) >= 11 is 11.4. The SMILES string of the molecule is O=C(O)C1CCN(C(=O)Nc2cc(Cl)c(Cl)cc2F)C1. The highest BCUT2D eigenvalue weighted by molar-refractivity contribution is 6.42. The second kappa shape index (κ2) is 5.85. The molecule has 1 aromatic carbocycles. The molecule has 1 aliphatic heterocycles. The summed E-state index contributed by atoms with van der Waals surface area (Å²) in [6.07, 6.45) is 0.382. The Morgan fingerprint density at radius 2 is 2.00 bits per heavy atom. The molecule has 0 bridgehead atoms. The Morgan fingerprint density at radius 3 is 2.60 bits per heavy atom. The fourth-order valence-corrected chi connectivity index (χ4v) is 2.27. The summed E-state index contributed by atoms with van der Waals surface area (Å²) < 4.78 is 13.6. The zero-order valence-electron chi connectivity index (χ0n) is 10.2. The summed E-state index contributed by atoms with van der Waals surface area (Å²) in [6, 6.07) is 1.65. The van der Waals surface area contributed by atoms with Crippen molar-refractivity contribution in [1.82, 2.24) is 4.90 Å². The number of rotatable bonds is 2. The lowest BCUT2D eigenvalue weighted by Crippen LogP contribution is -2.34. The first-order chi connectivity index (χ1) is 9.38. The summed E-state index contributed by atoms with van der Waals surface area (Å²) in [6.45, 7) is 0.413. The van der Waals surface area contributed by atoms with E-state index in [0.717, 1.165) is 6.07 Å². The van der Waals surface area contributed by atoms with Crippen LogP contribution >= 0.6 is 23.2 Å². The minimum atomic E-state index is -0.944. The molecule has 1 unspecified atom stereocenters. The topological polar surface area (TPSA) is 69.6 Å². The molecule has 1 heterocycles. The van der Waals surface area contributed by atoms with Crippen LogP contribution in [0.5, 0.6) is 0 Å². The predicted octanol–water partition coefficient (Wildman–Crippen LogP) is 3.07. The van der Waals surface area contributed by atoms with Gasteiger partial charge in [-0.05, 0) is 18.6 Å². The first-order valence-electron chi connectivity index (χ1n) is 5.81. The lowest BCUT2D eigenvalue weighted by atomic mass is 10.1. The van der Waals surface area contributed by atoms with Crippen molar-refractivity contribution in [3.8, 4) is 0 Å². The van der Waals surface area contributed by atoms with Crippen molar-refractivity contribution in [2.24, 2.45) is 5.92 Å². The second-order valence-corrected chi connectivity index (χ2v) is 5.26. The zero-order valence-corrected chi connectivity index (χ0v) is 11.7. The van der Waals surface area contributed by atoms with E-state index >= 15 is 0 Å². The number of halogens is 3. The van der Waals surface area contributed by atoms with Gasteiger partial charge in [-0.25, -0.2) is 9.18 Å². The minimum Gasteiger partial charge on any atom is -0.481 e. The molecule has 2 amide bonds. The summed E-state index contributed by atoms with van der Waals surface area (Å²) in [5, 5.41) is 11.4. The van der Waals surface area contributed by atoms with E-state index in [1.54, 1.807) is 0 Å². The van der Waals surface area contributed by atoms with Crippen LogP contribution in [0.25, 0.3) is 0 Å². The van der Waals surface area contributed by atoms with Gasteiger partial charge in [0.2, 0.25) is 0 Å². The Kier molecular flexibility index (Phi) is 4.35. The highest BCUT2D eigenvalue weighted by Crippen LogP contribution is 2.28. The normalized spacial score (nSPS) is 18.1. The molecular weight excluding hydrogens is 310 g/mol. The maximum Gasteiger partial charge on any atom is 0.321 e. The molecule has 0 radical (unpaired) electrons. The van der Waals surface area contributed by atoms with Gasteiger partial charge in [-0.2, -0.15) is 0 Å². The van der Waals surface area contributed by atoms with Gasteiger partial charge in [0.15, 0.2) is 0 Å². The smallest absolute Gasteiger partial charge is 0.321 e. The number of nitrogens with zero attached hydrogens (tertiary/aromatic N) is 1. The van der Waals surface area contributed by atoms with Crippen LogP contribution in [0.15, 0.2) is 12.1 Å². The van der Waals surface area contributed by atoms with E-state index in [-0.39, 0.29) is 22.3 Å². The van der Waals surface area contributed by atoms with E-state index in [4.69, 9.17) is 28.3 Å². The lowest BCUT2D eigenvalue weighted by Gasteiger charge is -2.17. The fraction of sp³-hybridized carbons (Fsp3) is 0.333. The van der Waals surface area contributed by atoms with Crippen LogP contribution in [0.4, 0.5) is 14.9 Å². The monoisotopic (exact) mass is 320 g/mol. The Morgan fingerprint density at radius 1 is 1.35 bits per heavy atom. The number of hydrogen-bond acceptors (Lipinski definition) is 2. The number of likely N-dealkylation sites (tertiary alicyclic amines) is 1. The van der Waals surface area contributed by atoms with E-state index < -0.39 is 23.7 Å². The molecule has 2 rings (SSSR count). The number of anilines is 1. The summed E-state index contributed by atoms with van der Waals surface area (Å²) in [5.74, 6) is -2.23. The van der Waals surface area contributed by atoms with Crippen LogP contribution in [0, 0.1) is 11.7 Å². The minimum absolute atomic E-state index is 0.0503. The Balaban J connectivity index is 2.06. The number of benzene rings is 1. The van der Waals surface area contributed by atoms with E-state index in [9.17, 15) is 14.0 Å². The van der Waals surface area contributed by atoms with Gasteiger partial charge in [-0.15, -0.1) is 0 Å². The van der Waals surface area contributed by atoms with Crippen molar-refractivity contribution >= 4 is 40.9 Å². The van der Waals surface area contributed by atoms with E-state index in [1.165, 1.54) is 11.0 Å². The van der Waals surface area contributed by atoms with Crippen molar-refractivity contribution in [3.05, 3.63) is 28.0 Å². The van der Waals surface area contributed by atoms with Gasteiger partial charge < -0.3 is 15.3 Å². The number of aliphatic carboxylic acids is 1. The van der Waals surface area contributed by atoms with Crippen LogP contribution in [0.3, 0.4) is 0 Å². The maximum atomic E-state index is 13.6. The first-order valence-corrected chi connectivity index (χ1v) is 6.57. The molecule has 1 saturated heterocycles. The molecule has 1 aromatic rings. The number of nitrogens with one attached hydrogen (secondary N) is 1. The number of carboxylic acid groups (broad SMARTS) is 1. The molecule has 0 aromatic heterocycles. The highest BCUT2D eigenvalue weighted by Gasteiger charge is 2.31. The average Bonchev–Trinajstić information content (AvgIpc) is 2.85. The molecule has 0 spiro atoms. The fourth-order valence-electron chi connectivity index (χ4n) is 1.96. The van der Waals surface area contributed by atoms with Gasteiger partial charge in [0, 0.05) is 13.1 Å². The van der Waals surface area contributed by atoms with Crippen LogP contribution < -0.4 is 5.32 Å². The number of carbonyl (C=O) groups is 2. The van der Waals surface area contributed by atoms with Gasteiger partial charge in [-0.3, -0.25) is 4.79 Å². The Labute approximate surface area is 124 Å². The summed E-state index contributed by atoms with van der Waals surface area (Å²) in [4.78, 5) is 24.0. The van der Waals surface area contributed by atoms with Crippen molar-refractivity contribution in [2.75, 3.05) is 18.4 Å². The van der Waals surface area contributed by atoms with Crippen LogP contribution in [0.2, 0.25) is 10.0 Å². The lowest BCUT2D eigenvalue weighted by molar-refractivity contribution is -0.141. The maximum absolute atomic E-state index is 13.6. The first kappa shape index (κ1) is 14.9. The molecule has 0 aliphatic carbocycles. The van der Waals surface area contributed by atoms with Crippen molar-refractivity contribution in [2.45, 2.75) is 6.42 Å². The van der Waals surface area contributed by atoms with Crippen LogP contribution in [-0.2, 0) is 4.79 Å². The largest absolute Gasteiger partial charge is 0.481 e. The summed E-state index contributed by atoms with van der Waals surface area (Å²) in [7, 11) is 0. The Bertz CT molecular complexity index is 568. The van der Waals surface area contributed by atoms with Crippen molar-refractivity contribution in [1.29, 1.82) is 0 Å². The molecule has 5 nitrogen and oxygen atoms in total. The third-order valence-electron chi connectivity index (χ3n) is 3.08. The molecule has 8 heteroatoms. The molecule has 1 atom stereocenters. The number of urea groups is 1. The third kappa shape index (κ3) is 3.13. The highest BCUT2D eigenvalue weighted by atomic mass is 35.5. The number of amides is 2. The number of hydrogen-bond donors (Lipinski definition) is 2. The molecular formula is C12H11Cl2FN2O3. The predicted molar refractivity (Wildman–Crippen MR) is 72.8 cm³/mol. The number of carbonyl (C=O) groups excluding carboxylic acids is 1. The Hall–Kier alpha value is -1.53. The second-order valence-electron chi connectivity index (χ2n) is 4.45. The van der Waals surface area contributed by atoms with Gasteiger partial charge in [0.25, 0.3) is 0 Å². The van der Waals surface area contributed by atoms with Crippen molar-refractivity contribution < 1.29 is 19.1 Å². The quantitative estimate of drug-likeness (QED) is 0.823. The van der Waals surface area contributed by atoms with Crippen molar-refractivity contribution in [3.63, 3.8) is 0 Å².